The second kappa shape index (κ2) is 7.25. The molecule has 4 rings (SSSR count). The normalized spacial score (nSPS) is 11.0. The van der Waals surface area contributed by atoms with Gasteiger partial charge in [-0.25, -0.2) is 9.48 Å². The van der Waals surface area contributed by atoms with Gasteiger partial charge in [-0.05, 0) is 42.3 Å². The summed E-state index contributed by atoms with van der Waals surface area (Å²) in [5.41, 5.74) is 2.74. The molecule has 2 aromatic carbocycles. The Labute approximate surface area is 160 Å². The third kappa shape index (κ3) is 4.01. The Kier molecular flexibility index (Phi) is 4.64. The van der Waals surface area contributed by atoms with E-state index in [4.69, 9.17) is 20.8 Å². The molecule has 0 bridgehead atoms. The van der Waals surface area contributed by atoms with Crippen LogP contribution in [0.1, 0.15) is 16.8 Å². The number of nitrogens with zero attached hydrogens (tertiary/aromatic N) is 3. The van der Waals surface area contributed by atoms with Crippen LogP contribution in [0.25, 0.3) is 11.0 Å². The van der Waals surface area contributed by atoms with Gasteiger partial charge in [0.15, 0.2) is 0 Å². The Morgan fingerprint density at radius 1 is 1.19 bits per heavy atom. The summed E-state index contributed by atoms with van der Waals surface area (Å²) in [5.74, 6) is 0.598. The highest BCUT2D eigenvalue weighted by molar-refractivity contribution is 6.30. The summed E-state index contributed by atoms with van der Waals surface area (Å²) in [7, 11) is 0. The van der Waals surface area contributed by atoms with Crippen molar-refractivity contribution in [2.24, 2.45) is 0 Å². The molecule has 136 valence electrons. The number of benzene rings is 2. The van der Waals surface area contributed by atoms with E-state index >= 15 is 0 Å². The van der Waals surface area contributed by atoms with E-state index in [1.54, 1.807) is 10.7 Å². The van der Waals surface area contributed by atoms with E-state index in [1.165, 1.54) is 6.07 Å². The van der Waals surface area contributed by atoms with Crippen LogP contribution in [0.2, 0.25) is 5.02 Å². The minimum atomic E-state index is -0.374. The van der Waals surface area contributed by atoms with Gasteiger partial charge < -0.3 is 9.15 Å². The Morgan fingerprint density at radius 2 is 2.07 bits per heavy atom. The SMILES string of the molecule is Cc1cc(=O)oc2cc(OCc3cn(Cc4cccc(Cl)c4)nn3)ccc12. The molecule has 4 aromatic rings. The number of rotatable bonds is 5. The predicted octanol–water partition coefficient (Wildman–Crippen LogP) is 3.97. The fourth-order valence-electron chi connectivity index (χ4n) is 2.86. The van der Waals surface area contributed by atoms with Crippen molar-refractivity contribution in [1.29, 1.82) is 0 Å². The van der Waals surface area contributed by atoms with E-state index in [1.807, 2.05) is 49.5 Å². The highest BCUT2D eigenvalue weighted by Crippen LogP contribution is 2.22. The minimum absolute atomic E-state index is 0.261. The zero-order chi connectivity index (χ0) is 18.8. The molecule has 0 fully saturated rings. The molecule has 7 heteroatoms. The molecule has 0 unspecified atom stereocenters. The molecule has 0 saturated carbocycles. The largest absolute Gasteiger partial charge is 0.487 e. The first-order valence-corrected chi connectivity index (χ1v) is 8.75. The van der Waals surface area contributed by atoms with Gasteiger partial charge in [-0.3, -0.25) is 0 Å². The van der Waals surface area contributed by atoms with Gasteiger partial charge in [0.05, 0.1) is 12.7 Å². The van der Waals surface area contributed by atoms with Crippen molar-refractivity contribution in [2.45, 2.75) is 20.1 Å². The fourth-order valence-corrected chi connectivity index (χ4v) is 3.07. The summed E-state index contributed by atoms with van der Waals surface area (Å²) in [6.45, 7) is 2.71. The zero-order valence-corrected chi connectivity index (χ0v) is 15.3. The smallest absolute Gasteiger partial charge is 0.336 e. The van der Waals surface area contributed by atoms with E-state index in [-0.39, 0.29) is 12.2 Å². The average molecular weight is 382 g/mol. The lowest BCUT2D eigenvalue weighted by Gasteiger charge is -2.06. The van der Waals surface area contributed by atoms with Crippen LogP contribution >= 0.6 is 11.6 Å². The lowest BCUT2D eigenvalue weighted by Crippen LogP contribution is -2.00. The van der Waals surface area contributed by atoms with Gasteiger partial charge in [0.2, 0.25) is 0 Å². The van der Waals surface area contributed by atoms with E-state index in [0.29, 0.717) is 28.6 Å². The number of hydrogen-bond donors (Lipinski definition) is 0. The molecule has 2 heterocycles. The van der Waals surface area contributed by atoms with Crippen LogP contribution in [-0.4, -0.2) is 15.0 Å². The number of hydrogen-bond acceptors (Lipinski definition) is 5. The third-order valence-electron chi connectivity index (χ3n) is 4.13. The first-order chi connectivity index (χ1) is 13.1. The molecule has 0 N–H and O–H groups in total. The van der Waals surface area contributed by atoms with Crippen molar-refractivity contribution in [1.82, 2.24) is 15.0 Å². The predicted molar refractivity (Wildman–Crippen MR) is 102 cm³/mol. The summed E-state index contributed by atoms with van der Waals surface area (Å²) < 4.78 is 12.7. The number of halogens is 1. The molecular formula is C20H16ClN3O3. The van der Waals surface area contributed by atoms with Gasteiger partial charge in [-0.2, -0.15) is 0 Å². The first-order valence-electron chi connectivity index (χ1n) is 8.37. The van der Waals surface area contributed by atoms with Crippen molar-refractivity contribution >= 4 is 22.6 Å². The van der Waals surface area contributed by atoms with E-state index in [2.05, 4.69) is 10.3 Å². The summed E-state index contributed by atoms with van der Waals surface area (Å²) in [6.07, 6.45) is 1.83. The monoisotopic (exact) mass is 381 g/mol. The second-order valence-electron chi connectivity index (χ2n) is 6.23. The van der Waals surface area contributed by atoms with E-state index in [0.717, 1.165) is 16.5 Å². The van der Waals surface area contributed by atoms with Gasteiger partial charge in [-0.1, -0.05) is 28.9 Å². The Hall–Kier alpha value is -3.12. The zero-order valence-electron chi connectivity index (χ0n) is 14.6. The van der Waals surface area contributed by atoms with Crippen LogP contribution in [0.3, 0.4) is 0 Å². The minimum Gasteiger partial charge on any atom is -0.487 e. The van der Waals surface area contributed by atoms with Crippen LogP contribution in [0.15, 0.2) is 63.9 Å². The molecule has 6 nitrogen and oxygen atoms in total. The molecule has 0 saturated heterocycles. The molecule has 0 atom stereocenters. The highest BCUT2D eigenvalue weighted by atomic mass is 35.5. The van der Waals surface area contributed by atoms with Crippen LogP contribution in [0.5, 0.6) is 5.75 Å². The molecule has 0 aliphatic carbocycles. The van der Waals surface area contributed by atoms with Gasteiger partial charge >= 0.3 is 5.63 Å². The van der Waals surface area contributed by atoms with Crippen LogP contribution < -0.4 is 10.4 Å². The maximum absolute atomic E-state index is 11.5. The van der Waals surface area contributed by atoms with Crippen LogP contribution in [-0.2, 0) is 13.2 Å². The van der Waals surface area contributed by atoms with Gasteiger partial charge in [0.25, 0.3) is 0 Å². The first kappa shape index (κ1) is 17.3. The topological polar surface area (TPSA) is 70.2 Å². The van der Waals surface area contributed by atoms with Crippen molar-refractivity contribution < 1.29 is 9.15 Å². The molecule has 0 aliphatic heterocycles. The second-order valence-corrected chi connectivity index (χ2v) is 6.67. The molecule has 0 aliphatic rings. The molecule has 0 spiro atoms. The van der Waals surface area contributed by atoms with Crippen molar-refractivity contribution in [3.63, 3.8) is 0 Å². The van der Waals surface area contributed by atoms with Crippen molar-refractivity contribution in [3.8, 4) is 5.75 Å². The number of aromatic nitrogens is 3. The summed E-state index contributed by atoms with van der Waals surface area (Å²) in [6, 6.07) is 14.5. The Balaban J connectivity index is 1.45. The Bertz CT molecular complexity index is 1170. The number of aryl methyl sites for hydroxylation is 1. The summed E-state index contributed by atoms with van der Waals surface area (Å²) in [5, 5.41) is 9.81. The van der Waals surface area contributed by atoms with E-state index in [9.17, 15) is 4.79 Å². The molecule has 2 aromatic heterocycles. The maximum Gasteiger partial charge on any atom is 0.336 e. The van der Waals surface area contributed by atoms with Gasteiger partial charge in [0, 0.05) is 22.5 Å². The lowest BCUT2D eigenvalue weighted by molar-refractivity contribution is 0.301. The Morgan fingerprint density at radius 3 is 2.93 bits per heavy atom. The van der Waals surface area contributed by atoms with Crippen molar-refractivity contribution in [3.05, 3.63) is 87.0 Å². The van der Waals surface area contributed by atoms with Crippen LogP contribution in [0, 0.1) is 6.92 Å². The summed E-state index contributed by atoms with van der Waals surface area (Å²) in [4.78, 5) is 11.5. The summed E-state index contributed by atoms with van der Waals surface area (Å²) >= 11 is 6.00. The number of fused-ring (bicyclic) bond motifs is 1. The van der Waals surface area contributed by atoms with E-state index < -0.39 is 0 Å². The van der Waals surface area contributed by atoms with Crippen LogP contribution in [0.4, 0.5) is 0 Å². The molecule has 27 heavy (non-hydrogen) atoms. The molecule has 0 amide bonds. The third-order valence-corrected chi connectivity index (χ3v) is 4.36. The molecular weight excluding hydrogens is 366 g/mol. The fraction of sp³-hybridized carbons (Fsp3) is 0.150. The van der Waals surface area contributed by atoms with Crippen molar-refractivity contribution in [2.75, 3.05) is 0 Å². The lowest BCUT2D eigenvalue weighted by atomic mass is 10.1. The standard InChI is InChI=1S/C20H16ClN3O3/c1-13-7-20(25)27-19-9-17(5-6-18(13)19)26-12-16-11-24(23-22-16)10-14-3-2-4-15(21)8-14/h2-9,11H,10,12H2,1H3. The number of ether oxygens (including phenoxy) is 1. The quantitative estimate of drug-likeness (QED) is 0.489. The molecule has 0 radical (unpaired) electrons. The maximum atomic E-state index is 11.5. The average Bonchev–Trinajstić information content (AvgIpc) is 3.07. The highest BCUT2D eigenvalue weighted by Gasteiger charge is 2.06. The van der Waals surface area contributed by atoms with Gasteiger partial charge in [-0.15, -0.1) is 5.10 Å². The van der Waals surface area contributed by atoms with Gasteiger partial charge in [0.1, 0.15) is 23.6 Å².